The van der Waals surface area contributed by atoms with Crippen molar-refractivity contribution in [2.24, 2.45) is 0 Å². The Morgan fingerprint density at radius 3 is 2.56 bits per heavy atom. The van der Waals surface area contributed by atoms with E-state index in [0.29, 0.717) is 22.6 Å². The summed E-state index contributed by atoms with van der Waals surface area (Å²) in [5.74, 6) is 0.325. The van der Waals surface area contributed by atoms with Crippen molar-refractivity contribution in [2.45, 2.75) is 19.6 Å². The number of hydrogen-bond donors (Lipinski definition) is 1. The summed E-state index contributed by atoms with van der Waals surface area (Å²) in [6.07, 6.45) is -3.03. The van der Waals surface area contributed by atoms with Crippen molar-refractivity contribution in [1.82, 2.24) is 19.5 Å². The van der Waals surface area contributed by atoms with Crippen molar-refractivity contribution >= 4 is 16.7 Å². The number of rotatable bonds is 3. The number of aromatic nitrogens is 4. The molecule has 0 amide bonds. The van der Waals surface area contributed by atoms with Gasteiger partial charge in [0.1, 0.15) is 5.82 Å². The number of aromatic amines is 1. The first-order chi connectivity index (χ1) is 11.7. The molecule has 3 rings (SSSR count). The maximum atomic E-state index is 13.1. The van der Waals surface area contributed by atoms with Crippen molar-refractivity contribution in [2.75, 3.05) is 19.0 Å². The number of nitrogens with one attached hydrogen (secondary N) is 1. The van der Waals surface area contributed by atoms with Gasteiger partial charge in [-0.05, 0) is 25.1 Å². The summed E-state index contributed by atoms with van der Waals surface area (Å²) in [5.41, 5.74) is 0.0476. The van der Waals surface area contributed by atoms with Gasteiger partial charge in [0.25, 0.3) is 0 Å². The van der Waals surface area contributed by atoms with E-state index in [9.17, 15) is 18.0 Å². The monoisotopic (exact) mass is 351 g/mol. The smallest absolute Gasteiger partial charge is 0.362 e. The molecule has 0 saturated heterocycles. The Hall–Kier alpha value is -2.84. The fraction of sp³-hybridized carbons (Fsp3) is 0.312. The van der Waals surface area contributed by atoms with Gasteiger partial charge in [-0.1, -0.05) is 0 Å². The molecule has 0 aliphatic carbocycles. The predicted octanol–water partition coefficient (Wildman–Crippen LogP) is 2.56. The normalized spacial score (nSPS) is 11.9. The second-order valence-corrected chi connectivity index (χ2v) is 5.89. The van der Waals surface area contributed by atoms with E-state index < -0.39 is 17.4 Å². The topological polar surface area (TPSA) is 66.8 Å². The average Bonchev–Trinajstić information content (AvgIpc) is 2.93. The molecule has 25 heavy (non-hydrogen) atoms. The molecule has 0 atom stereocenters. The first-order valence-corrected chi connectivity index (χ1v) is 7.46. The Labute approximate surface area is 140 Å². The van der Waals surface area contributed by atoms with Crippen LogP contribution in [0.15, 0.2) is 29.3 Å². The van der Waals surface area contributed by atoms with Gasteiger partial charge in [-0.2, -0.15) is 18.2 Å². The van der Waals surface area contributed by atoms with Crippen LogP contribution in [0.5, 0.6) is 0 Å². The largest absolute Gasteiger partial charge is 0.416 e. The summed E-state index contributed by atoms with van der Waals surface area (Å²) in [6.45, 7) is 1.81. The summed E-state index contributed by atoms with van der Waals surface area (Å²) < 4.78 is 40.6. The molecule has 2 aromatic heterocycles. The molecular weight excluding hydrogens is 335 g/mol. The van der Waals surface area contributed by atoms with Crippen LogP contribution in [0.4, 0.5) is 19.0 Å². The summed E-state index contributed by atoms with van der Waals surface area (Å²) in [4.78, 5) is 25.0. The molecule has 0 radical (unpaired) electrons. The lowest BCUT2D eigenvalue weighted by molar-refractivity contribution is -0.137. The van der Waals surface area contributed by atoms with Crippen LogP contribution in [-0.4, -0.2) is 33.6 Å². The van der Waals surface area contributed by atoms with Crippen LogP contribution in [-0.2, 0) is 12.7 Å². The Bertz CT molecular complexity index is 988. The Kier molecular flexibility index (Phi) is 4.02. The third-order valence-corrected chi connectivity index (χ3v) is 3.96. The number of imidazole rings is 1. The number of anilines is 1. The SMILES string of the molecule is Cc1nc[nH]c1Cn1c(=O)nc(N(C)C)c2ccc(C(F)(F)F)cc21. The molecule has 9 heteroatoms. The molecular formula is C16H16F3N5O. The molecule has 0 aliphatic rings. The van der Waals surface area contributed by atoms with Crippen LogP contribution >= 0.6 is 0 Å². The Morgan fingerprint density at radius 2 is 2.00 bits per heavy atom. The van der Waals surface area contributed by atoms with Gasteiger partial charge >= 0.3 is 11.9 Å². The van der Waals surface area contributed by atoms with E-state index in [4.69, 9.17) is 0 Å². The maximum Gasteiger partial charge on any atom is 0.416 e. The van der Waals surface area contributed by atoms with Crippen molar-refractivity contribution in [3.63, 3.8) is 0 Å². The number of H-pyrrole nitrogens is 1. The van der Waals surface area contributed by atoms with Crippen molar-refractivity contribution in [3.05, 3.63) is 52.0 Å². The van der Waals surface area contributed by atoms with Gasteiger partial charge in [-0.3, -0.25) is 4.57 Å². The minimum absolute atomic E-state index is 0.0587. The van der Waals surface area contributed by atoms with Crippen LogP contribution in [0.25, 0.3) is 10.9 Å². The molecule has 0 bridgehead atoms. The number of fused-ring (bicyclic) bond motifs is 1. The van der Waals surface area contributed by atoms with Gasteiger partial charge in [-0.25, -0.2) is 9.78 Å². The quantitative estimate of drug-likeness (QED) is 0.788. The minimum atomic E-state index is -4.50. The van der Waals surface area contributed by atoms with E-state index in [0.717, 1.165) is 12.1 Å². The molecule has 0 saturated carbocycles. The van der Waals surface area contributed by atoms with Crippen molar-refractivity contribution in [3.8, 4) is 0 Å². The Morgan fingerprint density at radius 1 is 1.28 bits per heavy atom. The molecule has 132 valence electrons. The van der Waals surface area contributed by atoms with E-state index in [1.807, 2.05) is 0 Å². The van der Waals surface area contributed by atoms with Crippen LogP contribution < -0.4 is 10.6 Å². The average molecular weight is 351 g/mol. The number of benzene rings is 1. The molecule has 6 nitrogen and oxygen atoms in total. The fourth-order valence-electron chi connectivity index (χ4n) is 2.64. The number of nitrogens with zero attached hydrogens (tertiary/aromatic N) is 4. The van der Waals surface area contributed by atoms with Gasteiger partial charge in [0, 0.05) is 19.5 Å². The van der Waals surface area contributed by atoms with Gasteiger partial charge in [0.05, 0.1) is 35.3 Å². The van der Waals surface area contributed by atoms with Crippen LogP contribution in [0, 0.1) is 6.92 Å². The number of halogens is 3. The second-order valence-electron chi connectivity index (χ2n) is 5.89. The number of hydrogen-bond acceptors (Lipinski definition) is 4. The molecule has 0 aliphatic heterocycles. The predicted molar refractivity (Wildman–Crippen MR) is 87.8 cm³/mol. The lowest BCUT2D eigenvalue weighted by Crippen LogP contribution is -2.27. The maximum absolute atomic E-state index is 13.1. The number of aryl methyl sites for hydroxylation is 1. The highest BCUT2D eigenvalue weighted by Crippen LogP contribution is 2.33. The summed E-state index contributed by atoms with van der Waals surface area (Å²) in [6, 6.07) is 3.32. The molecule has 3 aromatic rings. The highest BCUT2D eigenvalue weighted by Gasteiger charge is 2.31. The number of alkyl halides is 3. The van der Waals surface area contributed by atoms with Gasteiger partial charge in [-0.15, -0.1) is 0 Å². The van der Waals surface area contributed by atoms with Crippen LogP contribution in [0.3, 0.4) is 0 Å². The molecule has 0 fully saturated rings. The van der Waals surface area contributed by atoms with E-state index in [1.165, 1.54) is 17.0 Å². The van der Waals surface area contributed by atoms with Crippen molar-refractivity contribution < 1.29 is 13.2 Å². The lowest BCUT2D eigenvalue weighted by atomic mass is 10.1. The highest BCUT2D eigenvalue weighted by molar-refractivity contribution is 5.90. The standard InChI is InChI=1S/C16H16F3N5O/c1-9-12(21-8-20-9)7-24-13-6-10(16(17,18)19)4-5-11(13)14(23(2)3)22-15(24)25/h4-6,8H,7H2,1-3H3,(H,20,21). The van der Waals surface area contributed by atoms with Crippen molar-refractivity contribution in [1.29, 1.82) is 0 Å². The minimum Gasteiger partial charge on any atom is -0.362 e. The van der Waals surface area contributed by atoms with Crippen LogP contribution in [0.1, 0.15) is 17.0 Å². The summed E-state index contributed by atoms with van der Waals surface area (Å²) in [5, 5.41) is 0.467. The van der Waals surface area contributed by atoms with E-state index in [1.54, 1.807) is 25.9 Å². The van der Waals surface area contributed by atoms with E-state index in [2.05, 4.69) is 15.0 Å². The second kappa shape index (κ2) is 5.91. The molecule has 0 spiro atoms. The lowest BCUT2D eigenvalue weighted by Gasteiger charge is -2.18. The zero-order chi connectivity index (χ0) is 18.4. The third-order valence-electron chi connectivity index (χ3n) is 3.96. The zero-order valence-corrected chi connectivity index (χ0v) is 13.8. The summed E-state index contributed by atoms with van der Waals surface area (Å²) >= 11 is 0. The van der Waals surface area contributed by atoms with Gasteiger partial charge in [0.2, 0.25) is 0 Å². The van der Waals surface area contributed by atoms with E-state index in [-0.39, 0.29) is 12.1 Å². The molecule has 1 N–H and O–H groups in total. The fourth-order valence-corrected chi connectivity index (χ4v) is 2.64. The van der Waals surface area contributed by atoms with Gasteiger partial charge < -0.3 is 9.88 Å². The first kappa shape index (κ1) is 17.0. The molecule has 0 unspecified atom stereocenters. The Balaban J connectivity index is 2.30. The summed E-state index contributed by atoms with van der Waals surface area (Å²) in [7, 11) is 3.37. The molecule has 2 heterocycles. The van der Waals surface area contributed by atoms with Crippen LogP contribution in [0.2, 0.25) is 0 Å². The highest BCUT2D eigenvalue weighted by atomic mass is 19.4. The third kappa shape index (κ3) is 3.09. The molecule has 1 aromatic carbocycles. The zero-order valence-electron chi connectivity index (χ0n) is 13.8. The first-order valence-electron chi connectivity index (χ1n) is 7.46. The van der Waals surface area contributed by atoms with Gasteiger partial charge in [0.15, 0.2) is 0 Å². The van der Waals surface area contributed by atoms with E-state index >= 15 is 0 Å².